The lowest BCUT2D eigenvalue weighted by Crippen LogP contribution is -2.09. The van der Waals surface area contributed by atoms with Gasteiger partial charge >= 0.3 is 11.5 Å². The van der Waals surface area contributed by atoms with Crippen LogP contribution < -0.4 is 0 Å². The van der Waals surface area contributed by atoms with Crippen molar-refractivity contribution >= 4 is 17.7 Å². The van der Waals surface area contributed by atoms with Gasteiger partial charge in [0.15, 0.2) is 0 Å². The predicted molar refractivity (Wildman–Crippen MR) is 60.7 cm³/mol. The van der Waals surface area contributed by atoms with Crippen molar-refractivity contribution in [2.45, 2.75) is 17.3 Å². The van der Waals surface area contributed by atoms with E-state index in [1.54, 1.807) is 6.07 Å². The largest absolute Gasteiger partial charge is 0.506 e. The van der Waals surface area contributed by atoms with Crippen LogP contribution in [0.1, 0.15) is 22.8 Å². The normalized spacial score (nSPS) is 10.9. The van der Waals surface area contributed by atoms with Crippen LogP contribution in [-0.4, -0.2) is 23.2 Å². The lowest BCUT2D eigenvalue weighted by Gasteiger charge is -2.12. The molecule has 0 fully saturated rings. The Labute approximate surface area is 110 Å². The van der Waals surface area contributed by atoms with Gasteiger partial charge < -0.3 is 9.84 Å². The van der Waals surface area contributed by atoms with Crippen molar-refractivity contribution in [2.24, 2.45) is 0 Å². The first kappa shape index (κ1) is 15.2. The minimum Gasteiger partial charge on any atom is -0.506 e. The number of phenolic OH excluding ortho intramolecular Hbond substituents is 1. The topological polar surface area (TPSA) is 70.3 Å². The molecule has 0 radical (unpaired) electrons. The lowest BCUT2D eigenvalue weighted by molar-refractivity contribution is -0.0328. The molecular weight excluding hydrogens is 283 g/mol. The van der Waals surface area contributed by atoms with Crippen LogP contribution >= 0.6 is 11.8 Å². The van der Waals surface area contributed by atoms with Crippen molar-refractivity contribution in [2.75, 3.05) is 6.61 Å². The van der Waals surface area contributed by atoms with Gasteiger partial charge in [-0.1, -0.05) is 0 Å². The van der Waals surface area contributed by atoms with E-state index in [-0.39, 0.29) is 12.2 Å². The Bertz CT molecular complexity index is 537. The van der Waals surface area contributed by atoms with Gasteiger partial charge in [-0.3, -0.25) is 0 Å². The number of nitriles is 1. The van der Waals surface area contributed by atoms with Gasteiger partial charge in [0.2, 0.25) is 0 Å². The van der Waals surface area contributed by atoms with Crippen LogP contribution in [0.25, 0.3) is 0 Å². The Kier molecular flexibility index (Phi) is 4.67. The maximum Gasteiger partial charge on any atom is 0.446 e. The second-order valence-corrected chi connectivity index (χ2v) is 4.32. The minimum absolute atomic E-state index is 0.0643. The van der Waals surface area contributed by atoms with E-state index in [1.165, 1.54) is 6.92 Å². The van der Waals surface area contributed by atoms with Crippen molar-refractivity contribution in [3.05, 3.63) is 23.3 Å². The van der Waals surface area contributed by atoms with Crippen LogP contribution in [0.3, 0.4) is 0 Å². The van der Waals surface area contributed by atoms with Crippen LogP contribution in [0.15, 0.2) is 17.0 Å². The van der Waals surface area contributed by atoms with E-state index < -0.39 is 39.4 Å². The van der Waals surface area contributed by atoms with Crippen molar-refractivity contribution in [3.8, 4) is 11.8 Å². The summed E-state index contributed by atoms with van der Waals surface area (Å²) in [7, 11) is 0. The highest BCUT2D eigenvalue weighted by Crippen LogP contribution is 2.41. The molecule has 1 aromatic rings. The molecule has 8 heteroatoms. The maximum atomic E-state index is 12.3. The Morgan fingerprint density at radius 3 is 2.63 bits per heavy atom. The molecule has 1 N–H and O–H groups in total. The van der Waals surface area contributed by atoms with E-state index in [0.717, 1.165) is 12.1 Å². The average molecular weight is 291 g/mol. The Balaban J connectivity index is 3.35. The number of esters is 1. The molecule has 19 heavy (non-hydrogen) atoms. The summed E-state index contributed by atoms with van der Waals surface area (Å²) in [6.07, 6.45) is 0. The third-order valence-electron chi connectivity index (χ3n) is 1.97. The van der Waals surface area contributed by atoms with Crippen molar-refractivity contribution < 1.29 is 27.8 Å². The maximum absolute atomic E-state index is 12.3. The Morgan fingerprint density at radius 1 is 1.53 bits per heavy atom. The number of carbonyl (C=O) groups is 1. The number of ether oxygens (including phenoxy) is 1. The van der Waals surface area contributed by atoms with Gasteiger partial charge in [0.1, 0.15) is 17.4 Å². The number of thioether (sulfide) groups is 1. The predicted octanol–water partition coefficient (Wildman–Crippen LogP) is 3.05. The molecule has 0 saturated heterocycles. The van der Waals surface area contributed by atoms with Gasteiger partial charge in [-0.05, 0) is 30.8 Å². The number of nitrogens with zero attached hydrogens (tertiary/aromatic N) is 1. The molecule has 1 rings (SSSR count). The van der Waals surface area contributed by atoms with E-state index in [0.29, 0.717) is 0 Å². The highest BCUT2D eigenvalue weighted by Gasteiger charge is 2.33. The zero-order valence-corrected chi connectivity index (χ0v) is 10.4. The van der Waals surface area contributed by atoms with E-state index in [2.05, 4.69) is 4.74 Å². The van der Waals surface area contributed by atoms with Gasteiger partial charge in [0.25, 0.3) is 0 Å². The fourth-order valence-corrected chi connectivity index (χ4v) is 1.94. The number of halogens is 3. The van der Waals surface area contributed by atoms with E-state index in [1.807, 2.05) is 0 Å². The van der Waals surface area contributed by atoms with Crippen LogP contribution in [-0.2, 0) is 4.74 Å². The minimum atomic E-state index is -4.62. The van der Waals surface area contributed by atoms with Crippen LogP contribution in [0.4, 0.5) is 13.2 Å². The van der Waals surface area contributed by atoms with Crippen LogP contribution in [0.2, 0.25) is 0 Å². The summed E-state index contributed by atoms with van der Waals surface area (Å²) in [4.78, 5) is 11.1. The molecular formula is C11H8F3NO3S. The molecule has 0 unspecified atom stereocenters. The number of hydrogen-bond donors (Lipinski definition) is 1. The molecule has 102 valence electrons. The number of rotatable bonds is 3. The molecule has 0 aromatic heterocycles. The van der Waals surface area contributed by atoms with Crippen molar-refractivity contribution in [1.82, 2.24) is 0 Å². The van der Waals surface area contributed by atoms with Gasteiger partial charge in [0, 0.05) is 4.90 Å². The highest BCUT2D eigenvalue weighted by atomic mass is 32.2. The summed E-state index contributed by atoms with van der Waals surface area (Å²) in [6, 6.07) is 3.53. The molecule has 0 aliphatic carbocycles. The van der Waals surface area contributed by atoms with E-state index >= 15 is 0 Å². The fraction of sp³-hybridized carbons (Fsp3) is 0.273. The second kappa shape index (κ2) is 5.84. The third kappa shape index (κ3) is 3.79. The highest BCUT2D eigenvalue weighted by molar-refractivity contribution is 8.00. The summed E-state index contributed by atoms with van der Waals surface area (Å²) in [5.74, 6) is -1.92. The monoisotopic (exact) mass is 291 g/mol. The molecule has 0 amide bonds. The van der Waals surface area contributed by atoms with Crippen LogP contribution in [0.5, 0.6) is 5.75 Å². The van der Waals surface area contributed by atoms with Gasteiger partial charge in [-0.15, -0.1) is 0 Å². The number of alkyl halides is 3. The molecule has 0 saturated carbocycles. The summed E-state index contributed by atoms with van der Waals surface area (Å²) in [6.45, 7) is 1.41. The summed E-state index contributed by atoms with van der Waals surface area (Å²) >= 11 is -0.555. The average Bonchev–Trinajstić information content (AvgIpc) is 2.27. The first-order valence-corrected chi connectivity index (χ1v) is 5.80. The summed E-state index contributed by atoms with van der Waals surface area (Å²) in [5, 5.41) is 18.3. The molecule has 0 heterocycles. The fourth-order valence-electron chi connectivity index (χ4n) is 1.27. The lowest BCUT2D eigenvalue weighted by atomic mass is 10.1. The molecule has 0 aliphatic heterocycles. The molecule has 0 atom stereocenters. The zero-order chi connectivity index (χ0) is 14.6. The van der Waals surface area contributed by atoms with Crippen LogP contribution in [0, 0.1) is 11.3 Å². The van der Waals surface area contributed by atoms with Crippen molar-refractivity contribution in [1.29, 1.82) is 5.26 Å². The molecule has 0 aliphatic rings. The first-order chi connectivity index (χ1) is 8.80. The number of carbonyl (C=O) groups excluding carboxylic acids is 1. The molecule has 0 spiro atoms. The zero-order valence-electron chi connectivity index (χ0n) is 9.61. The Morgan fingerprint density at radius 2 is 2.16 bits per heavy atom. The number of aromatic hydroxyl groups is 1. The SMILES string of the molecule is CCOC(=O)c1c(SC(F)(F)F)ccc(C#N)c1O. The molecule has 4 nitrogen and oxygen atoms in total. The number of hydrogen-bond acceptors (Lipinski definition) is 5. The van der Waals surface area contributed by atoms with Gasteiger partial charge in [-0.25, -0.2) is 4.79 Å². The second-order valence-electron chi connectivity index (χ2n) is 3.21. The number of benzene rings is 1. The van der Waals surface area contributed by atoms with E-state index in [4.69, 9.17) is 5.26 Å². The standard InChI is InChI=1S/C11H8F3NO3S/c1-2-18-10(17)8-7(19-11(12,13)14)4-3-6(5-15)9(8)16/h3-4,16H,2H2,1H3. The van der Waals surface area contributed by atoms with E-state index in [9.17, 15) is 23.1 Å². The molecule has 0 bridgehead atoms. The molecule has 1 aromatic carbocycles. The van der Waals surface area contributed by atoms with Gasteiger partial charge in [0.05, 0.1) is 12.2 Å². The third-order valence-corrected chi connectivity index (χ3v) is 2.76. The summed E-state index contributed by atoms with van der Waals surface area (Å²) < 4.78 is 41.6. The Hall–Kier alpha value is -1.88. The quantitative estimate of drug-likeness (QED) is 0.684. The first-order valence-electron chi connectivity index (χ1n) is 4.99. The van der Waals surface area contributed by atoms with Gasteiger partial charge in [-0.2, -0.15) is 18.4 Å². The summed E-state index contributed by atoms with van der Waals surface area (Å²) in [5.41, 5.74) is -5.57. The number of phenols is 1. The van der Waals surface area contributed by atoms with Crippen molar-refractivity contribution in [3.63, 3.8) is 0 Å². The smallest absolute Gasteiger partial charge is 0.446 e.